The summed E-state index contributed by atoms with van der Waals surface area (Å²) < 4.78 is 0. The second-order valence-electron chi connectivity index (χ2n) is 1.60. The molecule has 0 aliphatic carbocycles. The summed E-state index contributed by atoms with van der Waals surface area (Å²) in [7, 11) is 0. The van der Waals surface area contributed by atoms with Crippen molar-refractivity contribution in [3.63, 3.8) is 0 Å². The van der Waals surface area contributed by atoms with E-state index in [1.165, 1.54) is 6.92 Å². The summed E-state index contributed by atoms with van der Waals surface area (Å²) in [6.45, 7) is 1.33. The van der Waals surface area contributed by atoms with E-state index in [1.54, 1.807) is 0 Å². The first-order chi connectivity index (χ1) is 3.55. The molecule has 0 aromatic rings. The Balaban J connectivity index is 0. The molecule has 56 valence electrons. The molecule has 2 atom stereocenters. The zero-order chi connectivity index (χ0) is 6.73. The third-order valence-electron chi connectivity index (χ3n) is 0.805. The van der Waals surface area contributed by atoms with Gasteiger partial charge >= 0.3 is 5.97 Å². The van der Waals surface area contributed by atoms with Gasteiger partial charge in [-0.25, -0.2) is 0 Å². The Kier molecular flexibility index (Phi) is 5.28. The van der Waals surface area contributed by atoms with Crippen molar-refractivity contribution in [1.29, 1.82) is 0 Å². The van der Waals surface area contributed by atoms with Gasteiger partial charge in [0.05, 0.1) is 6.10 Å². The Morgan fingerprint density at radius 3 is 2.00 bits per heavy atom. The molecular formula is C4H11NO4. The maximum atomic E-state index is 9.86. The van der Waals surface area contributed by atoms with E-state index in [4.69, 9.17) is 15.9 Å². The number of rotatable bonds is 2. The van der Waals surface area contributed by atoms with Gasteiger partial charge in [0.15, 0.2) is 0 Å². The fourth-order valence-corrected chi connectivity index (χ4v) is 0.206. The van der Waals surface area contributed by atoms with E-state index >= 15 is 0 Å². The van der Waals surface area contributed by atoms with Gasteiger partial charge < -0.3 is 21.4 Å². The SMILES string of the molecule is CC(O)C(N)C(=O)O.O. The summed E-state index contributed by atoms with van der Waals surface area (Å²) >= 11 is 0. The highest BCUT2D eigenvalue weighted by atomic mass is 16.4. The molecule has 0 saturated heterocycles. The van der Waals surface area contributed by atoms with Crippen LogP contribution in [0.2, 0.25) is 0 Å². The van der Waals surface area contributed by atoms with Gasteiger partial charge in [-0.15, -0.1) is 0 Å². The third kappa shape index (κ3) is 3.89. The standard InChI is InChI=1S/C4H9NO3.H2O/c1-2(6)3(5)4(7)8;/h2-3,6H,5H2,1H3,(H,7,8);1H2. The number of carbonyl (C=O) groups is 1. The molecule has 0 spiro atoms. The van der Waals surface area contributed by atoms with Crippen LogP contribution in [-0.2, 0) is 4.79 Å². The van der Waals surface area contributed by atoms with Crippen molar-refractivity contribution in [2.24, 2.45) is 5.73 Å². The normalized spacial score (nSPS) is 15.4. The molecule has 5 heteroatoms. The molecule has 0 rings (SSSR count). The van der Waals surface area contributed by atoms with Crippen molar-refractivity contribution in [1.82, 2.24) is 0 Å². The summed E-state index contributed by atoms with van der Waals surface area (Å²) in [6, 6.07) is -1.16. The minimum atomic E-state index is -1.18. The summed E-state index contributed by atoms with van der Waals surface area (Å²) in [6.07, 6.45) is -0.979. The monoisotopic (exact) mass is 137 g/mol. The van der Waals surface area contributed by atoms with Crippen molar-refractivity contribution in [3.8, 4) is 0 Å². The van der Waals surface area contributed by atoms with Crippen LogP contribution >= 0.6 is 0 Å². The molecular weight excluding hydrogens is 126 g/mol. The van der Waals surface area contributed by atoms with Gasteiger partial charge in [0.2, 0.25) is 0 Å². The molecule has 0 amide bonds. The fourth-order valence-electron chi connectivity index (χ4n) is 0.206. The van der Waals surface area contributed by atoms with Gasteiger partial charge in [-0.05, 0) is 6.92 Å². The second-order valence-corrected chi connectivity index (χ2v) is 1.60. The first-order valence-corrected chi connectivity index (χ1v) is 2.22. The number of aliphatic carboxylic acids is 1. The molecule has 6 N–H and O–H groups in total. The zero-order valence-electron chi connectivity index (χ0n) is 5.03. The van der Waals surface area contributed by atoms with Crippen molar-refractivity contribution in [3.05, 3.63) is 0 Å². The molecule has 0 saturated carbocycles. The van der Waals surface area contributed by atoms with Crippen molar-refractivity contribution in [2.75, 3.05) is 0 Å². The highest BCUT2D eigenvalue weighted by Crippen LogP contribution is 1.85. The predicted octanol–water partition coefficient (Wildman–Crippen LogP) is -2.05. The predicted molar refractivity (Wildman–Crippen MR) is 30.9 cm³/mol. The largest absolute Gasteiger partial charge is 0.480 e. The Morgan fingerprint density at radius 2 is 2.00 bits per heavy atom. The summed E-state index contributed by atoms with van der Waals surface area (Å²) in [5, 5.41) is 16.6. The van der Waals surface area contributed by atoms with Crippen LogP contribution < -0.4 is 5.73 Å². The quantitative estimate of drug-likeness (QED) is 0.406. The summed E-state index contributed by atoms with van der Waals surface area (Å²) in [5.41, 5.74) is 4.91. The van der Waals surface area contributed by atoms with Crippen LogP contribution in [0.5, 0.6) is 0 Å². The highest BCUT2D eigenvalue weighted by molar-refractivity contribution is 5.73. The van der Waals surface area contributed by atoms with Gasteiger partial charge in [0.1, 0.15) is 6.04 Å². The van der Waals surface area contributed by atoms with Crippen LogP contribution in [0.15, 0.2) is 0 Å². The molecule has 0 aromatic heterocycles. The summed E-state index contributed by atoms with van der Waals surface area (Å²) in [4.78, 5) is 9.86. The van der Waals surface area contributed by atoms with Crippen LogP contribution in [0, 0.1) is 0 Å². The summed E-state index contributed by atoms with van der Waals surface area (Å²) in [5.74, 6) is -1.18. The number of hydrogen-bond donors (Lipinski definition) is 3. The van der Waals surface area contributed by atoms with E-state index in [0.29, 0.717) is 0 Å². The maximum Gasteiger partial charge on any atom is 0.323 e. The minimum absolute atomic E-state index is 0. The number of hydrogen-bond acceptors (Lipinski definition) is 3. The van der Waals surface area contributed by atoms with Gasteiger partial charge in [-0.2, -0.15) is 0 Å². The second kappa shape index (κ2) is 4.25. The zero-order valence-corrected chi connectivity index (χ0v) is 5.03. The molecule has 0 heterocycles. The Morgan fingerprint density at radius 1 is 1.67 bits per heavy atom. The van der Waals surface area contributed by atoms with Crippen LogP contribution in [0.4, 0.5) is 0 Å². The van der Waals surface area contributed by atoms with Crippen molar-refractivity contribution < 1.29 is 20.5 Å². The molecule has 0 aromatic carbocycles. The smallest absolute Gasteiger partial charge is 0.323 e. The number of carboxylic acids is 1. The highest BCUT2D eigenvalue weighted by Gasteiger charge is 2.16. The Hall–Kier alpha value is -0.650. The van der Waals surface area contributed by atoms with Gasteiger partial charge in [-0.3, -0.25) is 4.79 Å². The average Bonchev–Trinajstić information content (AvgIpc) is 1.64. The van der Waals surface area contributed by atoms with Crippen LogP contribution in [0.25, 0.3) is 0 Å². The van der Waals surface area contributed by atoms with E-state index < -0.39 is 18.1 Å². The van der Waals surface area contributed by atoms with Gasteiger partial charge in [0, 0.05) is 0 Å². The molecule has 0 fully saturated rings. The Labute approximate surface area is 52.4 Å². The van der Waals surface area contributed by atoms with E-state index in [-0.39, 0.29) is 5.48 Å². The van der Waals surface area contributed by atoms with E-state index in [2.05, 4.69) is 0 Å². The van der Waals surface area contributed by atoms with E-state index in [9.17, 15) is 4.79 Å². The minimum Gasteiger partial charge on any atom is -0.480 e. The van der Waals surface area contributed by atoms with Crippen LogP contribution in [0.1, 0.15) is 6.92 Å². The fraction of sp³-hybridized carbons (Fsp3) is 0.750. The third-order valence-corrected chi connectivity index (χ3v) is 0.805. The lowest BCUT2D eigenvalue weighted by Crippen LogP contribution is -2.39. The number of nitrogens with two attached hydrogens (primary N) is 1. The molecule has 0 bridgehead atoms. The molecule has 9 heavy (non-hydrogen) atoms. The number of aliphatic hydroxyl groups is 1. The first kappa shape index (κ1) is 11.2. The lowest BCUT2D eigenvalue weighted by molar-refractivity contribution is -0.140. The number of carboxylic acid groups (broad SMARTS) is 1. The maximum absolute atomic E-state index is 9.86. The first-order valence-electron chi connectivity index (χ1n) is 2.22. The van der Waals surface area contributed by atoms with Crippen LogP contribution in [0.3, 0.4) is 0 Å². The molecule has 0 radical (unpaired) electrons. The van der Waals surface area contributed by atoms with Crippen LogP contribution in [-0.4, -0.2) is 33.8 Å². The molecule has 0 aliphatic heterocycles. The van der Waals surface area contributed by atoms with Gasteiger partial charge in [0.25, 0.3) is 0 Å². The van der Waals surface area contributed by atoms with E-state index in [1.807, 2.05) is 0 Å². The topological polar surface area (TPSA) is 115 Å². The van der Waals surface area contributed by atoms with Crippen molar-refractivity contribution in [2.45, 2.75) is 19.1 Å². The number of aliphatic hydroxyl groups excluding tert-OH is 1. The molecule has 0 aliphatic rings. The lowest BCUT2D eigenvalue weighted by Gasteiger charge is -2.06. The van der Waals surface area contributed by atoms with Crippen molar-refractivity contribution >= 4 is 5.97 Å². The Bertz CT molecular complexity index is 92.6. The molecule has 5 nitrogen and oxygen atoms in total. The average molecular weight is 137 g/mol. The molecule has 2 unspecified atom stereocenters. The lowest BCUT2D eigenvalue weighted by atomic mass is 10.2. The van der Waals surface area contributed by atoms with Gasteiger partial charge in [-0.1, -0.05) is 0 Å². The van der Waals surface area contributed by atoms with E-state index in [0.717, 1.165) is 0 Å².